The lowest BCUT2D eigenvalue weighted by atomic mass is 10.1. The van der Waals surface area contributed by atoms with E-state index in [-0.39, 0.29) is 33.9 Å². The van der Waals surface area contributed by atoms with Gasteiger partial charge >= 0.3 is 0 Å². The van der Waals surface area contributed by atoms with Crippen molar-refractivity contribution in [3.63, 3.8) is 0 Å². The molecule has 0 radical (unpaired) electrons. The number of benzene rings is 3. The van der Waals surface area contributed by atoms with Crippen LogP contribution in [0, 0.1) is 11.3 Å². The average Bonchev–Trinajstić information content (AvgIpc) is 2.88. The van der Waals surface area contributed by atoms with Crippen molar-refractivity contribution >= 4 is 47.0 Å². The van der Waals surface area contributed by atoms with Gasteiger partial charge in [-0.25, -0.2) is 10.4 Å². The van der Waals surface area contributed by atoms with E-state index in [1.54, 1.807) is 55.6 Å². The minimum absolute atomic E-state index is 0.0820. The van der Waals surface area contributed by atoms with Gasteiger partial charge in [0.25, 0.3) is 5.56 Å². The molecule has 0 atom stereocenters. The quantitative estimate of drug-likeness (QED) is 0.195. The molecule has 11 heteroatoms. The minimum atomic E-state index is -0.572. The van der Waals surface area contributed by atoms with Crippen LogP contribution in [0.3, 0.4) is 0 Å². The third-order valence-electron chi connectivity index (χ3n) is 5.10. The van der Waals surface area contributed by atoms with Gasteiger partial charge in [-0.3, -0.25) is 9.78 Å². The maximum absolute atomic E-state index is 12.4. The summed E-state index contributed by atoms with van der Waals surface area (Å²) in [6.07, 6.45) is 1.53. The summed E-state index contributed by atoms with van der Waals surface area (Å²) in [6, 6.07) is 19.3. The van der Waals surface area contributed by atoms with Crippen molar-refractivity contribution in [2.24, 2.45) is 5.10 Å². The van der Waals surface area contributed by atoms with Crippen molar-refractivity contribution in [1.82, 2.24) is 9.97 Å². The molecule has 1 aromatic heterocycles. The lowest BCUT2D eigenvalue weighted by Crippen LogP contribution is -2.16. The van der Waals surface area contributed by atoms with Crippen LogP contribution in [0.15, 0.2) is 70.6 Å². The van der Waals surface area contributed by atoms with E-state index < -0.39 is 5.56 Å². The molecule has 4 aromatic rings. The molecule has 37 heavy (non-hydrogen) atoms. The molecule has 0 aliphatic rings. The zero-order valence-electron chi connectivity index (χ0n) is 19.3. The smallest absolute Gasteiger partial charge is 0.270 e. The molecule has 0 spiro atoms. The zero-order chi connectivity index (χ0) is 26.4. The molecule has 0 fully saturated rings. The number of hydrogen-bond donors (Lipinski definition) is 2. The van der Waals surface area contributed by atoms with Crippen LogP contribution in [0.25, 0.3) is 11.3 Å². The zero-order valence-corrected chi connectivity index (χ0v) is 21.5. The number of nitrogens with one attached hydrogen (secondary N) is 2. The third kappa shape index (κ3) is 6.22. The van der Waals surface area contributed by atoms with Crippen LogP contribution in [0.4, 0.5) is 5.95 Å². The Labute approximate surface area is 227 Å². The summed E-state index contributed by atoms with van der Waals surface area (Å²) < 4.78 is 11.3. The van der Waals surface area contributed by atoms with Gasteiger partial charge in [-0.05, 0) is 35.9 Å². The number of nitrogens with zero attached hydrogens (tertiary/aromatic N) is 3. The van der Waals surface area contributed by atoms with E-state index in [0.29, 0.717) is 33.2 Å². The van der Waals surface area contributed by atoms with E-state index in [0.717, 1.165) is 0 Å². The molecule has 8 nitrogen and oxygen atoms in total. The Bertz CT molecular complexity index is 1540. The highest BCUT2D eigenvalue weighted by Crippen LogP contribution is 2.36. The molecule has 0 saturated carbocycles. The molecule has 186 valence electrons. The maximum atomic E-state index is 12.4. The van der Waals surface area contributed by atoms with Gasteiger partial charge in [0.1, 0.15) is 24.0 Å². The van der Waals surface area contributed by atoms with Crippen molar-refractivity contribution in [3.05, 3.63) is 103 Å². The van der Waals surface area contributed by atoms with Crippen LogP contribution in [0.5, 0.6) is 11.5 Å². The van der Waals surface area contributed by atoms with Gasteiger partial charge in [-0.15, -0.1) is 0 Å². The van der Waals surface area contributed by atoms with E-state index in [2.05, 4.69) is 20.5 Å². The number of methoxy groups -OCH3 is 1. The molecule has 2 N–H and O–H groups in total. The molecule has 4 rings (SSSR count). The van der Waals surface area contributed by atoms with Gasteiger partial charge in [0.15, 0.2) is 5.75 Å². The minimum Gasteiger partial charge on any atom is -0.496 e. The van der Waals surface area contributed by atoms with Crippen LogP contribution < -0.4 is 20.5 Å². The fourth-order valence-electron chi connectivity index (χ4n) is 3.41. The highest BCUT2D eigenvalue weighted by molar-refractivity contribution is 6.40. The molecular weight excluding hydrogens is 537 g/mol. The van der Waals surface area contributed by atoms with Crippen LogP contribution in [-0.2, 0) is 6.61 Å². The number of H-pyrrole nitrogens is 1. The Balaban J connectivity index is 1.54. The topological polar surface area (TPSA) is 112 Å². The average molecular weight is 555 g/mol. The Morgan fingerprint density at radius 3 is 2.51 bits per heavy atom. The number of halogens is 3. The predicted octanol–water partition coefficient (Wildman–Crippen LogP) is 6.30. The molecule has 0 aliphatic carbocycles. The van der Waals surface area contributed by atoms with Gasteiger partial charge in [0.05, 0.1) is 29.1 Å². The summed E-state index contributed by atoms with van der Waals surface area (Å²) in [7, 11) is 1.55. The third-order valence-corrected chi connectivity index (χ3v) is 5.88. The molecule has 0 aliphatic heterocycles. The first-order valence-corrected chi connectivity index (χ1v) is 11.9. The molecule has 3 aromatic carbocycles. The van der Waals surface area contributed by atoms with E-state index in [1.807, 2.05) is 18.2 Å². The van der Waals surface area contributed by atoms with Gasteiger partial charge in [-0.2, -0.15) is 10.4 Å². The Hall–Kier alpha value is -4.03. The normalized spacial score (nSPS) is 10.8. The first kappa shape index (κ1) is 26.0. The number of ether oxygens (including phenoxy) is 2. The SMILES string of the molecule is COc1ccc(C=NNc2nc(-c3ccccc3)c(C#N)c(=O)[nH]2)cc1COc1c(Cl)cc(Cl)cc1Cl. The van der Waals surface area contributed by atoms with Gasteiger partial charge in [0.2, 0.25) is 5.95 Å². The number of anilines is 1. The lowest BCUT2D eigenvalue weighted by molar-refractivity contribution is 0.297. The second-order valence-corrected chi connectivity index (χ2v) is 8.80. The molecule has 0 amide bonds. The largest absolute Gasteiger partial charge is 0.496 e. The molecule has 0 saturated heterocycles. The first-order valence-electron chi connectivity index (χ1n) is 10.7. The lowest BCUT2D eigenvalue weighted by Gasteiger charge is -2.13. The Morgan fingerprint density at radius 2 is 1.84 bits per heavy atom. The summed E-state index contributed by atoms with van der Waals surface area (Å²) in [5, 5.41) is 14.6. The van der Waals surface area contributed by atoms with E-state index in [1.165, 1.54) is 6.21 Å². The fraction of sp³-hybridized carbons (Fsp3) is 0.0769. The van der Waals surface area contributed by atoms with E-state index >= 15 is 0 Å². The van der Waals surface area contributed by atoms with Gasteiger partial charge < -0.3 is 9.47 Å². The van der Waals surface area contributed by atoms with Crippen molar-refractivity contribution < 1.29 is 9.47 Å². The second-order valence-electron chi connectivity index (χ2n) is 7.54. The van der Waals surface area contributed by atoms with Crippen molar-refractivity contribution in [1.29, 1.82) is 5.26 Å². The van der Waals surface area contributed by atoms with Gasteiger partial charge in [-0.1, -0.05) is 65.1 Å². The number of hydrazone groups is 1. The number of hydrogen-bond acceptors (Lipinski definition) is 7. The molecule has 0 bridgehead atoms. The predicted molar refractivity (Wildman–Crippen MR) is 145 cm³/mol. The standard InChI is InChI=1S/C26H18Cl3N5O3/c1-36-22-8-7-15(9-17(22)14-37-24-20(28)10-18(27)11-21(24)29)13-31-34-26-32-23(16-5-3-2-4-6-16)19(12-30)25(35)33-26/h2-11,13H,14H2,1H3,(H2,32,33,34,35). The Kier molecular flexibility index (Phi) is 8.31. The fourth-order valence-corrected chi connectivity index (χ4v) is 4.34. The second kappa shape index (κ2) is 11.8. The molecular formula is C26H18Cl3N5O3. The monoisotopic (exact) mass is 553 g/mol. The van der Waals surface area contributed by atoms with Gasteiger partial charge in [0, 0.05) is 16.1 Å². The summed E-state index contributed by atoms with van der Waals surface area (Å²) >= 11 is 18.4. The van der Waals surface area contributed by atoms with Crippen molar-refractivity contribution in [2.75, 3.05) is 12.5 Å². The molecule has 1 heterocycles. The van der Waals surface area contributed by atoms with E-state index in [9.17, 15) is 10.1 Å². The first-order chi connectivity index (χ1) is 17.9. The summed E-state index contributed by atoms with van der Waals surface area (Å²) in [5.41, 5.74) is 4.37. The van der Waals surface area contributed by atoms with E-state index in [4.69, 9.17) is 44.3 Å². The van der Waals surface area contributed by atoms with Crippen LogP contribution in [-0.4, -0.2) is 23.3 Å². The maximum Gasteiger partial charge on any atom is 0.270 e. The van der Waals surface area contributed by atoms with Crippen LogP contribution in [0.2, 0.25) is 15.1 Å². The highest BCUT2D eigenvalue weighted by Gasteiger charge is 2.14. The van der Waals surface area contributed by atoms with Crippen molar-refractivity contribution in [3.8, 4) is 28.8 Å². The summed E-state index contributed by atoms with van der Waals surface area (Å²) in [4.78, 5) is 19.3. The summed E-state index contributed by atoms with van der Waals surface area (Å²) in [5.74, 6) is 0.987. The number of aromatic nitrogens is 2. The summed E-state index contributed by atoms with van der Waals surface area (Å²) in [6.45, 7) is 0.115. The molecule has 0 unspecified atom stereocenters. The number of rotatable bonds is 8. The Morgan fingerprint density at radius 1 is 1.11 bits per heavy atom. The van der Waals surface area contributed by atoms with Crippen molar-refractivity contribution in [2.45, 2.75) is 6.61 Å². The number of aromatic amines is 1. The number of nitriles is 1. The van der Waals surface area contributed by atoms with Crippen LogP contribution in [0.1, 0.15) is 16.7 Å². The van der Waals surface area contributed by atoms with Crippen LogP contribution >= 0.6 is 34.8 Å². The highest BCUT2D eigenvalue weighted by atomic mass is 35.5.